The normalized spacial score (nSPS) is 11.4. The number of nitrogens with one attached hydrogen (secondary N) is 1. The Hall–Kier alpha value is -2.33. The monoisotopic (exact) mass is 269 g/mol. The van der Waals surface area contributed by atoms with Crippen molar-refractivity contribution in [3.05, 3.63) is 47.7 Å². The molecule has 5 heteroatoms. The number of hydrogen-bond acceptors (Lipinski definition) is 3. The number of nitrogens with zero attached hydrogens (tertiary/aromatic N) is 2. The Morgan fingerprint density at radius 3 is 3.00 bits per heavy atom. The molecule has 0 saturated heterocycles. The Labute approximate surface area is 113 Å². The molecule has 4 rings (SSSR count). The molecule has 1 N–H and O–H groups in total. The molecule has 0 atom stereocenters. The van der Waals surface area contributed by atoms with Crippen LogP contribution < -0.4 is 0 Å². The molecule has 0 aliphatic rings. The Morgan fingerprint density at radius 1 is 1.16 bits per heavy atom. The minimum atomic E-state index is 0.568. The van der Waals surface area contributed by atoms with Crippen LogP contribution in [-0.4, -0.2) is 15.2 Å². The van der Waals surface area contributed by atoms with Gasteiger partial charge in [-0.25, -0.2) is 0 Å². The van der Waals surface area contributed by atoms with Crippen molar-refractivity contribution in [2.75, 3.05) is 0 Å². The molecule has 1 aromatic carbocycles. The molecule has 0 spiro atoms. The lowest BCUT2D eigenvalue weighted by Gasteiger charge is -1.96. The van der Waals surface area contributed by atoms with Crippen molar-refractivity contribution < 1.29 is 4.42 Å². The van der Waals surface area contributed by atoms with Crippen LogP contribution in [0.2, 0.25) is 5.02 Å². The Kier molecular flexibility index (Phi) is 2.13. The fourth-order valence-electron chi connectivity index (χ4n) is 2.14. The van der Waals surface area contributed by atoms with Crippen LogP contribution in [0, 0.1) is 0 Å². The summed E-state index contributed by atoms with van der Waals surface area (Å²) in [5.74, 6) is 0.743. The van der Waals surface area contributed by atoms with E-state index in [1.807, 2.05) is 24.3 Å². The minimum Gasteiger partial charge on any atom is -0.453 e. The number of H-pyrrole nitrogens is 1. The average Bonchev–Trinajstić information content (AvgIpc) is 3.04. The first-order valence-electron chi connectivity index (χ1n) is 5.79. The van der Waals surface area contributed by atoms with Crippen LogP contribution in [0.4, 0.5) is 0 Å². The van der Waals surface area contributed by atoms with Crippen LogP contribution in [0.25, 0.3) is 33.3 Å². The van der Waals surface area contributed by atoms with Gasteiger partial charge in [0.1, 0.15) is 11.3 Å². The van der Waals surface area contributed by atoms with E-state index in [4.69, 9.17) is 16.0 Å². The summed E-state index contributed by atoms with van der Waals surface area (Å²) >= 11 is 6.09. The second-order valence-electron chi connectivity index (χ2n) is 4.29. The average molecular weight is 270 g/mol. The Balaban J connectivity index is 1.95. The van der Waals surface area contributed by atoms with Crippen molar-refractivity contribution in [3.8, 4) is 11.3 Å². The second kappa shape index (κ2) is 3.83. The third kappa shape index (κ3) is 1.61. The fourth-order valence-corrected chi connectivity index (χ4v) is 2.33. The van der Waals surface area contributed by atoms with Gasteiger partial charge < -0.3 is 4.42 Å². The van der Waals surface area contributed by atoms with Gasteiger partial charge in [0.25, 0.3) is 0 Å². The maximum atomic E-state index is 6.09. The molecule has 4 nitrogen and oxygen atoms in total. The summed E-state index contributed by atoms with van der Waals surface area (Å²) in [5, 5.41) is 8.58. The zero-order valence-electron chi connectivity index (χ0n) is 9.72. The molecule has 0 amide bonds. The van der Waals surface area contributed by atoms with Crippen molar-refractivity contribution in [2.45, 2.75) is 0 Å². The molecule has 0 fully saturated rings. The van der Waals surface area contributed by atoms with Crippen molar-refractivity contribution in [1.82, 2.24) is 15.2 Å². The van der Waals surface area contributed by atoms with Crippen LogP contribution in [0.15, 0.2) is 47.1 Å². The van der Waals surface area contributed by atoms with Crippen LogP contribution >= 0.6 is 11.6 Å². The number of fused-ring (bicyclic) bond motifs is 2. The van der Waals surface area contributed by atoms with Gasteiger partial charge in [-0.1, -0.05) is 23.7 Å². The summed E-state index contributed by atoms with van der Waals surface area (Å²) in [6.45, 7) is 0. The zero-order valence-corrected chi connectivity index (χ0v) is 10.5. The van der Waals surface area contributed by atoms with Gasteiger partial charge in [0, 0.05) is 23.2 Å². The topological polar surface area (TPSA) is 54.7 Å². The molecule has 0 bridgehead atoms. The van der Waals surface area contributed by atoms with E-state index in [1.165, 1.54) is 0 Å². The molecule has 4 aromatic rings. The van der Waals surface area contributed by atoms with Gasteiger partial charge in [-0.05, 0) is 12.1 Å². The third-order valence-corrected chi connectivity index (χ3v) is 3.39. The van der Waals surface area contributed by atoms with Crippen molar-refractivity contribution >= 4 is 33.6 Å². The van der Waals surface area contributed by atoms with Gasteiger partial charge in [0.15, 0.2) is 5.58 Å². The predicted molar refractivity (Wildman–Crippen MR) is 74.1 cm³/mol. The highest BCUT2D eigenvalue weighted by molar-refractivity contribution is 6.34. The minimum absolute atomic E-state index is 0.568. The molecule has 3 heterocycles. The highest BCUT2D eigenvalue weighted by atomic mass is 35.5. The van der Waals surface area contributed by atoms with E-state index >= 15 is 0 Å². The van der Waals surface area contributed by atoms with Gasteiger partial charge in [0.05, 0.1) is 16.7 Å². The SMILES string of the molecule is Clc1ccnc2cc(-c3ccc4cn[nH]c4c3)oc12. The van der Waals surface area contributed by atoms with Crippen LogP contribution in [-0.2, 0) is 0 Å². The molecular weight excluding hydrogens is 262 g/mol. The Bertz CT molecular complexity index is 894. The van der Waals surface area contributed by atoms with Crippen LogP contribution in [0.3, 0.4) is 0 Å². The second-order valence-corrected chi connectivity index (χ2v) is 4.70. The molecular formula is C14H8ClN3O. The van der Waals surface area contributed by atoms with E-state index in [-0.39, 0.29) is 0 Å². The summed E-state index contributed by atoms with van der Waals surface area (Å²) in [6.07, 6.45) is 3.46. The van der Waals surface area contributed by atoms with Gasteiger partial charge in [-0.3, -0.25) is 10.1 Å². The van der Waals surface area contributed by atoms with Gasteiger partial charge in [-0.15, -0.1) is 0 Å². The number of benzene rings is 1. The largest absolute Gasteiger partial charge is 0.453 e. The molecule has 3 aromatic heterocycles. The molecule has 0 saturated carbocycles. The summed E-state index contributed by atoms with van der Waals surface area (Å²) in [7, 11) is 0. The summed E-state index contributed by atoms with van der Waals surface area (Å²) < 4.78 is 5.78. The zero-order chi connectivity index (χ0) is 12.8. The first-order valence-corrected chi connectivity index (χ1v) is 6.16. The van der Waals surface area contributed by atoms with E-state index in [0.717, 1.165) is 27.7 Å². The van der Waals surface area contributed by atoms with Crippen molar-refractivity contribution in [2.24, 2.45) is 0 Å². The molecule has 0 aliphatic heterocycles. The number of pyridine rings is 1. The lowest BCUT2D eigenvalue weighted by atomic mass is 10.1. The number of hydrogen-bond donors (Lipinski definition) is 1. The number of furan rings is 1. The van der Waals surface area contributed by atoms with E-state index < -0.39 is 0 Å². The number of aromatic amines is 1. The van der Waals surface area contributed by atoms with Gasteiger partial charge in [0.2, 0.25) is 0 Å². The van der Waals surface area contributed by atoms with Gasteiger partial charge >= 0.3 is 0 Å². The van der Waals surface area contributed by atoms with Crippen molar-refractivity contribution in [3.63, 3.8) is 0 Å². The first kappa shape index (κ1) is 10.6. The summed E-state index contributed by atoms with van der Waals surface area (Å²) in [4.78, 5) is 4.24. The molecule has 92 valence electrons. The Morgan fingerprint density at radius 2 is 2.11 bits per heavy atom. The predicted octanol–water partition coefficient (Wildman–Crippen LogP) is 4.02. The first-order chi connectivity index (χ1) is 9.31. The lowest BCUT2D eigenvalue weighted by molar-refractivity contribution is 0.631. The molecule has 0 unspecified atom stereocenters. The van der Waals surface area contributed by atoms with Crippen LogP contribution in [0.5, 0.6) is 0 Å². The number of aromatic nitrogens is 3. The number of rotatable bonds is 1. The van der Waals surface area contributed by atoms with Crippen molar-refractivity contribution in [1.29, 1.82) is 0 Å². The van der Waals surface area contributed by atoms with Crippen LogP contribution in [0.1, 0.15) is 0 Å². The maximum Gasteiger partial charge on any atom is 0.171 e. The molecule has 19 heavy (non-hydrogen) atoms. The van der Waals surface area contributed by atoms with E-state index in [9.17, 15) is 0 Å². The lowest BCUT2D eigenvalue weighted by Crippen LogP contribution is -1.74. The maximum absolute atomic E-state index is 6.09. The smallest absolute Gasteiger partial charge is 0.171 e. The summed E-state index contributed by atoms with van der Waals surface area (Å²) in [6, 6.07) is 9.59. The number of halogens is 1. The van der Waals surface area contributed by atoms with E-state index in [0.29, 0.717) is 10.6 Å². The molecule has 0 radical (unpaired) electrons. The quantitative estimate of drug-likeness (QED) is 0.568. The van der Waals surface area contributed by atoms with Gasteiger partial charge in [-0.2, -0.15) is 5.10 Å². The fraction of sp³-hybridized carbons (Fsp3) is 0. The molecule has 0 aliphatic carbocycles. The van der Waals surface area contributed by atoms with E-state index in [2.05, 4.69) is 15.2 Å². The highest BCUT2D eigenvalue weighted by Crippen LogP contribution is 2.31. The third-order valence-electron chi connectivity index (χ3n) is 3.09. The standard InChI is InChI=1S/C14H8ClN3O/c15-10-3-4-16-12-6-13(19-14(10)12)8-1-2-9-7-17-18-11(9)5-8/h1-7H,(H,17,18). The highest BCUT2D eigenvalue weighted by Gasteiger charge is 2.10. The summed E-state index contributed by atoms with van der Waals surface area (Å²) in [5.41, 5.74) is 3.30. The van der Waals surface area contributed by atoms with E-state index in [1.54, 1.807) is 18.5 Å².